The van der Waals surface area contributed by atoms with Gasteiger partial charge in [0.2, 0.25) is 0 Å². The Morgan fingerprint density at radius 1 is 1.21 bits per heavy atom. The van der Waals surface area contributed by atoms with Gasteiger partial charge in [-0.15, -0.1) is 0 Å². The highest BCUT2D eigenvalue weighted by molar-refractivity contribution is 8.25. The topological polar surface area (TPSA) is 99.3 Å². The van der Waals surface area contributed by atoms with Crippen molar-refractivity contribution in [3.63, 3.8) is 0 Å². The number of halogens is 1. The molecule has 0 saturated carbocycles. The van der Waals surface area contributed by atoms with E-state index in [9.17, 15) is 18.3 Å². The maximum atomic E-state index is 13.3. The number of amides is 1. The summed E-state index contributed by atoms with van der Waals surface area (Å²) in [5.74, 6) is -0.374. The van der Waals surface area contributed by atoms with E-state index in [2.05, 4.69) is 4.98 Å². The van der Waals surface area contributed by atoms with Crippen LogP contribution in [0.1, 0.15) is 48.5 Å². The number of nitrogens with two attached hydrogens (primary N) is 1. The molecule has 1 atom stereocenters. The van der Waals surface area contributed by atoms with Crippen LogP contribution in [0.15, 0.2) is 42.6 Å². The van der Waals surface area contributed by atoms with Crippen molar-refractivity contribution in [3.8, 4) is 11.1 Å². The molecule has 0 radical (unpaired) electrons. The number of H-pyrrole nitrogens is 1. The number of benzene rings is 2. The molecule has 7 heteroatoms. The first-order valence-electron chi connectivity index (χ1n) is 9.55. The van der Waals surface area contributed by atoms with Gasteiger partial charge in [-0.2, -0.15) is 10.6 Å². The van der Waals surface area contributed by atoms with Crippen LogP contribution in [-0.4, -0.2) is 30.5 Å². The van der Waals surface area contributed by atoms with Crippen LogP contribution in [0.2, 0.25) is 0 Å². The predicted molar refractivity (Wildman–Crippen MR) is 116 cm³/mol. The van der Waals surface area contributed by atoms with Crippen LogP contribution in [0.3, 0.4) is 0 Å². The Kier molecular flexibility index (Phi) is 4.72. The van der Waals surface area contributed by atoms with Gasteiger partial charge in [0.1, 0.15) is 5.82 Å². The summed E-state index contributed by atoms with van der Waals surface area (Å²) in [4.78, 5) is 15.3. The number of aromatic nitrogens is 1. The van der Waals surface area contributed by atoms with E-state index in [-0.39, 0.29) is 11.7 Å². The Labute approximate surface area is 170 Å². The quantitative estimate of drug-likeness (QED) is 0.455. The van der Waals surface area contributed by atoms with E-state index in [0.717, 1.165) is 22.1 Å². The van der Waals surface area contributed by atoms with Gasteiger partial charge in [0.15, 0.2) is 0 Å². The van der Waals surface area contributed by atoms with E-state index in [1.807, 2.05) is 26.1 Å². The summed E-state index contributed by atoms with van der Waals surface area (Å²) >= 11 is 0. The first kappa shape index (κ1) is 19.9. The highest BCUT2D eigenvalue weighted by Crippen LogP contribution is 2.61. The van der Waals surface area contributed by atoms with Gasteiger partial charge in [-0.05, 0) is 73.6 Å². The molecule has 1 amide bonds. The maximum absolute atomic E-state index is 13.3. The van der Waals surface area contributed by atoms with Gasteiger partial charge in [0.25, 0.3) is 5.91 Å². The molecule has 0 bridgehead atoms. The van der Waals surface area contributed by atoms with Crippen LogP contribution in [0.25, 0.3) is 22.0 Å². The fourth-order valence-electron chi connectivity index (χ4n) is 4.27. The van der Waals surface area contributed by atoms with Crippen LogP contribution >= 0.6 is 10.6 Å². The number of aromatic amines is 1. The number of hydrogen-bond donors (Lipinski definition) is 4. The number of rotatable bonds is 3. The third-order valence-corrected chi connectivity index (χ3v) is 8.82. The minimum atomic E-state index is -2.63. The number of fused-ring (bicyclic) bond motifs is 1. The largest absolute Gasteiger partial charge is 0.366 e. The first-order chi connectivity index (χ1) is 13.6. The van der Waals surface area contributed by atoms with Crippen molar-refractivity contribution in [1.29, 1.82) is 0 Å². The van der Waals surface area contributed by atoms with Crippen molar-refractivity contribution in [3.05, 3.63) is 59.5 Å². The van der Waals surface area contributed by atoms with Gasteiger partial charge in [-0.3, -0.25) is 13.9 Å². The van der Waals surface area contributed by atoms with Crippen molar-refractivity contribution in [2.75, 3.05) is 5.75 Å². The molecule has 1 aliphatic rings. The van der Waals surface area contributed by atoms with Crippen molar-refractivity contribution < 1.29 is 18.3 Å². The van der Waals surface area contributed by atoms with Crippen molar-refractivity contribution in [1.82, 2.24) is 4.98 Å². The van der Waals surface area contributed by atoms with E-state index < -0.39 is 21.2 Å². The van der Waals surface area contributed by atoms with E-state index in [4.69, 9.17) is 5.73 Å². The molecule has 1 fully saturated rings. The SMILES string of the molecule is CC1(C)C[C@H](c2c[nH]c3c(C(N)=O)cc(-c4ccc(F)cc4)cc23)CCS1(O)O. The lowest BCUT2D eigenvalue weighted by Crippen LogP contribution is -2.36. The van der Waals surface area contributed by atoms with E-state index in [1.54, 1.807) is 18.2 Å². The molecule has 4 rings (SSSR count). The van der Waals surface area contributed by atoms with Crippen molar-refractivity contribution >= 4 is 27.4 Å². The zero-order valence-electron chi connectivity index (χ0n) is 16.4. The Bertz CT molecular complexity index is 1090. The Morgan fingerprint density at radius 2 is 1.90 bits per heavy atom. The summed E-state index contributed by atoms with van der Waals surface area (Å²) in [6.07, 6.45) is 3.18. The number of nitrogens with one attached hydrogen (secondary N) is 1. The standard InChI is InChI=1S/C22H25FN2O3S/c1-22(2)11-14(7-8-29(22,27)28)19-12-25-20-17(19)9-15(10-18(20)21(24)26)13-3-5-16(23)6-4-13/h3-6,9-10,12,14,25,27-28H,7-8,11H2,1-2H3,(H2,24,26)/t14-/m1/s1. The zero-order valence-corrected chi connectivity index (χ0v) is 17.2. The molecule has 1 saturated heterocycles. The Morgan fingerprint density at radius 3 is 2.52 bits per heavy atom. The van der Waals surface area contributed by atoms with Crippen LogP contribution in [0.5, 0.6) is 0 Å². The molecule has 5 nitrogen and oxygen atoms in total. The summed E-state index contributed by atoms with van der Waals surface area (Å²) in [5.41, 5.74) is 9.30. The maximum Gasteiger partial charge on any atom is 0.250 e. The number of hydrogen-bond acceptors (Lipinski definition) is 3. The molecule has 0 aliphatic carbocycles. The fourth-order valence-corrected chi connectivity index (χ4v) is 5.91. The van der Waals surface area contributed by atoms with Crippen LogP contribution in [0.4, 0.5) is 4.39 Å². The summed E-state index contributed by atoms with van der Waals surface area (Å²) in [6, 6.07) is 9.82. The van der Waals surface area contributed by atoms with Crippen LogP contribution < -0.4 is 5.73 Å². The minimum absolute atomic E-state index is 0.128. The Hall–Kier alpha value is -2.35. The second kappa shape index (κ2) is 6.86. The first-order valence-corrected chi connectivity index (χ1v) is 11.3. The molecule has 3 aromatic rings. The summed E-state index contributed by atoms with van der Waals surface area (Å²) < 4.78 is 33.6. The minimum Gasteiger partial charge on any atom is -0.366 e. The van der Waals surface area contributed by atoms with Gasteiger partial charge >= 0.3 is 0 Å². The third kappa shape index (κ3) is 3.43. The lowest BCUT2D eigenvalue weighted by molar-refractivity contribution is 0.100. The van der Waals surface area contributed by atoms with E-state index >= 15 is 0 Å². The normalized spacial score (nSPS) is 21.8. The van der Waals surface area contributed by atoms with Crippen LogP contribution in [-0.2, 0) is 0 Å². The highest BCUT2D eigenvalue weighted by atomic mass is 32.3. The molecule has 0 unspecified atom stereocenters. The fraction of sp³-hybridized carbons (Fsp3) is 0.318. The number of carbonyl (C=O) groups excluding carboxylic acids is 1. The molecule has 2 aromatic carbocycles. The number of carbonyl (C=O) groups is 1. The summed E-state index contributed by atoms with van der Waals surface area (Å²) in [6.45, 7) is 3.78. The predicted octanol–water partition coefficient (Wildman–Crippen LogP) is 5.48. The van der Waals surface area contributed by atoms with Gasteiger partial charge in [0, 0.05) is 17.3 Å². The van der Waals surface area contributed by atoms with Gasteiger partial charge in [0.05, 0.1) is 15.8 Å². The average molecular weight is 417 g/mol. The molecule has 0 spiro atoms. The van der Waals surface area contributed by atoms with Crippen LogP contribution in [0, 0.1) is 5.82 Å². The summed E-state index contributed by atoms with van der Waals surface area (Å²) in [5, 5.41) is 0.889. The molecular formula is C22H25FN2O3S. The Balaban J connectivity index is 1.84. The molecule has 5 N–H and O–H groups in total. The number of primary amides is 1. The average Bonchev–Trinajstić information content (AvgIpc) is 3.07. The second-order valence-electron chi connectivity index (χ2n) is 8.38. The second-order valence-corrected chi connectivity index (χ2v) is 11.2. The zero-order chi connectivity index (χ0) is 21.0. The van der Waals surface area contributed by atoms with E-state index in [1.165, 1.54) is 12.1 Å². The molecule has 1 aliphatic heterocycles. The third-order valence-electron chi connectivity index (χ3n) is 6.08. The molecule has 154 valence electrons. The molecular weight excluding hydrogens is 391 g/mol. The van der Waals surface area contributed by atoms with E-state index in [0.29, 0.717) is 29.7 Å². The van der Waals surface area contributed by atoms with Crippen molar-refractivity contribution in [2.45, 2.75) is 37.4 Å². The monoisotopic (exact) mass is 416 g/mol. The molecule has 29 heavy (non-hydrogen) atoms. The smallest absolute Gasteiger partial charge is 0.250 e. The highest BCUT2D eigenvalue weighted by Gasteiger charge is 2.41. The van der Waals surface area contributed by atoms with Gasteiger partial charge in [-0.25, -0.2) is 4.39 Å². The molecule has 1 aromatic heterocycles. The van der Waals surface area contributed by atoms with Crippen molar-refractivity contribution in [2.24, 2.45) is 5.73 Å². The lowest BCUT2D eigenvalue weighted by Gasteiger charge is -2.52. The summed E-state index contributed by atoms with van der Waals surface area (Å²) in [7, 11) is -2.63. The molecule has 2 heterocycles. The van der Waals surface area contributed by atoms with Gasteiger partial charge < -0.3 is 10.7 Å². The van der Waals surface area contributed by atoms with Gasteiger partial charge in [-0.1, -0.05) is 12.1 Å². The lowest BCUT2D eigenvalue weighted by atomic mass is 9.86.